The third-order valence-electron chi connectivity index (χ3n) is 2.80. The maximum absolute atomic E-state index is 12.1. The van der Waals surface area contributed by atoms with Gasteiger partial charge in [0.1, 0.15) is 0 Å². The van der Waals surface area contributed by atoms with Crippen LogP contribution in [0.2, 0.25) is 0 Å². The van der Waals surface area contributed by atoms with E-state index in [2.05, 4.69) is 5.32 Å². The molecule has 7 nitrogen and oxygen atoms in total. The number of carboxylic acid groups (broad SMARTS) is 1. The Morgan fingerprint density at radius 3 is 2.32 bits per heavy atom. The maximum atomic E-state index is 12.1. The van der Waals surface area contributed by atoms with Crippen LogP contribution >= 0.6 is 22.6 Å². The molecule has 0 spiro atoms. The number of halogens is 1. The number of non-ortho nitro benzene ring substituents is 1. The van der Waals surface area contributed by atoms with E-state index in [9.17, 15) is 19.7 Å². The van der Waals surface area contributed by atoms with Crippen molar-refractivity contribution < 1.29 is 19.6 Å². The first-order valence-electron chi connectivity index (χ1n) is 5.97. The monoisotopic (exact) mass is 412 g/mol. The number of nitro benzene ring substituents is 1. The molecule has 0 heterocycles. The van der Waals surface area contributed by atoms with E-state index >= 15 is 0 Å². The highest BCUT2D eigenvalue weighted by Crippen LogP contribution is 2.20. The standard InChI is InChI=1S/C14H9IN2O5/c15-9-3-6-12(11(7-9)14(19)20)16-13(18)8-1-4-10(5-2-8)17(21)22/h1-7H,(H,16,18)(H,19,20). The first-order valence-corrected chi connectivity index (χ1v) is 7.05. The number of rotatable bonds is 4. The van der Waals surface area contributed by atoms with Crippen LogP contribution in [0.15, 0.2) is 42.5 Å². The Kier molecular flexibility index (Phi) is 4.71. The number of carbonyl (C=O) groups excluding carboxylic acids is 1. The number of nitrogens with zero attached hydrogens (tertiary/aromatic N) is 1. The van der Waals surface area contributed by atoms with Gasteiger partial charge in [-0.3, -0.25) is 14.9 Å². The summed E-state index contributed by atoms with van der Waals surface area (Å²) in [6.07, 6.45) is 0. The molecule has 22 heavy (non-hydrogen) atoms. The molecule has 0 bridgehead atoms. The summed E-state index contributed by atoms with van der Waals surface area (Å²) in [5, 5.41) is 22.2. The summed E-state index contributed by atoms with van der Waals surface area (Å²) >= 11 is 1.97. The summed E-state index contributed by atoms with van der Waals surface area (Å²) < 4.78 is 0.725. The molecule has 0 fully saturated rings. The lowest BCUT2D eigenvalue weighted by Crippen LogP contribution is -2.15. The first kappa shape index (κ1) is 15.9. The van der Waals surface area contributed by atoms with Gasteiger partial charge in [0.2, 0.25) is 0 Å². The van der Waals surface area contributed by atoms with E-state index in [0.717, 1.165) is 3.57 Å². The van der Waals surface area contributed by atoms with Gasteiger partial charge in [0.25, 0.3) is 11.6 Å². The predicted octanol–water partition coefficient (Wildman–Crippen LogP) is 3.15. The van der Waals surface area contributed by atoms with Gasteiger partial charge in [-0.05, 0) is 52.9 Å². The molecule has 2 rings (SSSR count). The number of anilines is 1. The van der Waals surface area contributed by atoms with Gasteiger partial charge in [-0.25, -0.2) is 4.79 Å². The fourth-order valence-electron chi connectivity index (χ4n) is 1.73. The second-order valence-electron chi connectivity index (χ2n) is 4.25. The molecule has 112 valence electrons. The Morgan fingerprint density at radius 1 is 1.14 bits per heavy atom. The molecule has 0 aromatic heterocycles. The first-order chi connectivity index (χ1) is 10.4. The number of aromatic carboxylic acids is 1. The van der Waals surface area contributed by atoms with Gasteiger partial charge < -0.3 is 10.4 Å². The van der Waals surface area contributed by atoms with E-state index in [4.69, 9.17) is 5.11 Å². The lowest BCUT2D eigenvalue weighted by molar-refractivity contribution is -0.384. The zero-order valence-electron chi connectivity index (χ0n) is 10.9. The van der Waals surface area contributed by atoms with Crippen molar-refractivity contribution in [3.63, 3.8) is 0 Å². The van der Waals surface area contributed by atoms with Gasteiger partial charge in [-0.2, -0.15) is 0 Å². The lowest BCUT2D eigenvalue weighted by Gasteiger charge is -2.09. The van der Waals surface area contributed by atoms with Crippen LogP contribution in [-0.4, -0.2) is 21.9 Å². The van der Waals surface area contributed by atoms with Crippen molar-refractivity contribution in [2.45, 2.75) is 0 Å². The molecule has 2 aromatic rings. The Bertz CT molecular complexity index is 758. The van der Waals surface area contributed by atoms with Crippen molar-refractivity contribution in [3.05, 3.63) is 67.3 Å². The molecule has 0 aliphatic heterocycles. The van der Waals surface area contributed by atoms with Gasteiger partial charge in [0.15, 0.2) is 0 Å². The smallest absolute Gasteiger partial charge is 0.337 e. The average molecular weight is 412 g/mol. The van der Waals surface area contributed by atoms with Crippen LogP contribution in [0.1, 0.15) is 20.7 Å². The highest BCUT2D eigenvalue weighted by Gasteiger charge is 2.15. The fraction of sp³-hybridized carbons (Fsp3) is 0. The zero-order valence-corrected chi connectivity index (χ0v) is 13.1. The molecule has 0 saturated heterocycles. The average Bonchev–Trinajstić information content (AvgIpc) is 2.48. The van der Waals surface area contributed by atoms with Crippen LogP contribution in [0.5, 0.6) is 0 Å². The third-order valence-corrected chi connectivity index (χ3v) is 3.47. The summed E-state index contributed by atoms with van der Waals surface area (Å²) in [5.41, 5.74) is 0.205. The number of nitro groups is 1. The minimum absolute atomic E-state index is 0.0258. The summed E-state index contributed by atoms with van der Waals surface area (Å²) in [6.45, 7) is 0. The Labute approximate surface area is 138 Å². The van der Waals surface area contributed by atoms with Crippen molar-refractivity contribution in [3.8, 4) is 0 Å². The number of hydrogen-bond acceptors (Lipinski definition) is 4. The van der Waals surface area contributed by atoms with Crippen molar-refractivity contribution in [1.82, 2.24) is 0 Å². The van der Waals surface area contributed by atoms with Gasteiger partial charge in [0.05, 0.1) is 16.2 Å². The van der Waals surface area contributed by atoms with Crippen LogP contribution in [0.4, 0.5) is 11.4 Å². The topological polar surface area (TPSA) is 110 Å². The van der Waals surface area contributed by atoms with Gasteiger partial charge in [-0.1, -0.05) is 0 Å². The number of carboxylic acids is 1. The molecule has 0 atom stereocenters. The molecule has 1 amide bonds. The summed E-state index contributed by atoms with van der Waals surface area (Å²) in [7, 11) is 0. The number of hydrogen-bond donors (Lipinski definition) is 2. The SMILES string of the molecule is O=C(Nc1ccc(I)cc1C(=O)O)c1ccc([N+](=O)[O-])cc1. The highest BCUT2D eigenvalue weighted by molar-refractivity contribution is 14.1. The fourth-order valence-corrected chi connectivity index (χ4v) is 2.22. The third kappa shape index (κ3) is 3.58. The molecule has 0 aliphatic carbocycles. The second kappa shape index (κ2) is 6.52. The maximum Gasteiger partial charge on any atom is 0.337 e. The minimum Gasteiger partial charge on any atom is -0.478 e. The van der Waals surface area contributed by atoms with Crippen molar-refractivity contribution >= 4 is 45.8 Å². The normalized spacial score (nSPS) is 10.0. The summed E-state index contributed by atoms with van der Waals surface area (Å²) in [4.78, 5) is 33.3. The van der Waals surface area contributed by atoms with Crippen LogP contribution in [0.3, 0.4) is 0 Å². The minimum atomic E-state index is -1.16. The molecule has 0 saturated carbocycles. The highest BCUT2D eigenvalue weighted by atomic mass is 127. The molecule has 2 N–H and O–H groups in total. The van der Waals surface area contributed by atoms with Crippen LogP contribution < -0.4 is 5.32 Å². The van der Waals surface area contributed by atoms with Crippen molar-refractivity contribution in [2.75, 3.05) is 5.32 Å². The van der Waals surface area contributed by atoms with Crippen LogP contribution in [-0.2, 0) is 0 Å². The van der Waals surface area contributed by atoms with Crippen molar-refractivity contribution in [1.29, 1.82) is 0 Å². The van der Waals surface area contributed by atoms with Crippen LogP contribution in [0, 0.1) is 13.7 Å². The molecule has 2 aromatic carbocycles. The predicted molar refractivity (Wildman–Crippen MR) is 87.2 cm³/mol. The van der Waals surface area contributed by atoms with Crippen LogP contribution in [0.25, 0.3) is 0 Å². The van der Waals surface area contributed by atoms with E-state index in [-0.39, 0.29) is 22.5 Å². The zero-order chi connectivity index (χ0) is 16.3. The van der Waals surface area contributed by atoms with Gasteiger partial charge >= 0.3 is 5.97 Å². The number of carbonyl (C=O) groups is 2. The van der Waals surface area contributed by atoms with E-state index in [1.165, 1.54) is 36.4 Å². The Hall–Kier alpha value is -2.49. The Morgan fingerprint density at radius 2 is 1.77 bits per heavy atom. The molecule has 8 heteroatoms. The van der Waals surface area contributed by atoms with E-state index < -0.39 is 16.8 Å². The lowest BCUT2D eigenvalue weighted by atomic mass is 10.1. The second-order valence-corrected chi connectivity index (χ2v) is 5.50. The summed E-state index contributed by atoms with van der Waals surface area (Å²) in [5.74, 6) is -1.70. The molecule has 0 radical (unpaired) electrons. The van der Waals surface area contributed by atoms with Gasteiger partial charge in [-0.15, -0.1) is 0 Å². The van der Waals surface area contributed by atoms with E-state index in [0.29, 0.717) is 0 Å². The number of benzene rings is 2. The molecule has 0 unspecified atom stereocenters. The summed E-state index contributed by atoms with van der Waals surface area (Å²) in [6, 6.07) is 9.63. The molecular formula is C14H9IN2O5. The van der Waals surface area contributed by atoms with E-state index in [1.54, 1.807) is 6.07 Å². The van der Waals surface area contributed by atoms with E-state index in [1.807, 2.05) is 22.6 Å². The van der Waals surface area contributed by atoms with Gasteiger partial charge in [0, 0.05) is 21.3 Å². The number of amides is 1. The quantitative estimate of drug-likeness (QED) is 0.456. The van der Waals surface area contributed by atoms with Crippen molar-refractivity contribution in [2.24, 2.45) is 0 Å². The Balaban J connectivity index is 2.25. The molecular weight excluding hydrogens is 403 g/mol. The number of nitrogens with one attached hydrogen (secondary N) is 1. The largest absolute Gasteiger partial charge is 0.478 e. The molecule has 0 aliphatic rings.